The number of aryl methyl sites for hydroxylation is 1. The van der Waals surface area contributed by atoms with Crippen LogP contribution in [0.5, 0.6) is 17.2 Å². The molecule has 8 nitrogen and oxygen atoms in total. The molecule has 1 saturated heterocycles. The highest BCUT2D eigenvalue weighted by Crippen LogP contribution is 2.42. The molecule has 1 heterocycles. The van der Waals surface area contributed by atoms with Crippen molar-refractivity contribution >= 4 is 17.4 Å². The summed E-state index contributed by atoms with van der Waals surface area (Å²) in [5, 5.41) is 11.2. The molecule has 1 fully saturated rings. The van der Waals surface area contributed by atoms with Crippen molar-refractivity contribution in [1.29, 1.82) is 0 Å². The Hall–Kier alpha value is -3.52. The van der Waals surface area contributed by atoms with Crippen LogP contribution in [-0.2, 0) is 14.3 Å². The lowest BCUT2D eigenvalue weighted by Gasteiger charge is -2.26. The molecular formula is C25H29NO7. The molecule has 8 heteroatoms. The van der Waals surface area contributed by atoms with Crippen LogP contribution in [0.1, 0.15) is 29.2 Å². The van der Waals surface area contributed by atoms with Crippen LogP contribution < -0.4 is 14.2 Å². The Morgan fingerprint density at radius 1 is 0.939 bits per heavy atom. The molecule has 0 aromatic heterocycles. The lowest BCUT2D eigenvalue weighted by molar-refractivity contribution is -0.140. The number of hydrogen-bond donors (Lipinski definition) is 1. The second kappa shape index (κ2) is 10.4. The van der Waals surface area contributed by atoms with Crippen molar-refractivity contribution in [2.24, 2.45) is 0 Å². The van der Waals surface area contributed by atoms with Gasteiger partial charge in [0.05, 0.1) is 32.9 Å². The molecule has 1 aliphatic rings. The zero-order valence-electron chi connectivity index (χ0n) is 19.5. The van der Waals surface area contributed by atoms with E-state index in [-0.39, 0.29) is 17.9 Å². The maximum atomic E-state index is 13.1. The van der Waals surface area contributed by atoms with Gasteiger partial charge in [0.15, 0.2) is 11.5 Å². The summed E-state index contributed by atoms with van der Waals surface area (Å²) in [5.41, 5.74) is 1.86. The van der Waals surface area contributed by atoms with Crippen LogP contribution in [0.3, 0.4) is 0 Å². The van der Waals surface area contributed by atoms with Gasteiger partial charge < -0.3 is 29.0 Å². The Bertz CT molecular complexity index is 1080. The summed E-state index contributed by atoms with van der Waals surface area (Å²) < 4.78 is 21.1. The number of aliphatic hydroxyl groups is 1. The minimum Gasteiger partial charge on any atom is -0.507 e. The van der Waals surface area contributed by atoms with Gasteiger partial charge in [0.1, 0.15) is 11.5 Å². The molecule has 1 atom stereocenters. The highest BCUT2D eigenvalue weighted by atomic mass is 16.5. The zero-order valence-corrected chi connectivity index (χ0v) is 19.5. The molecule has 0 bridgehead atoms. The number of carbonyl (C=O) groups is 2. The normalized spacial score (nSPS) is 17.4. The van der Waals surface area contributed by atoms with E-state index in [2.05, 4.69) is 0 Å². The Balaban J connectivity index is 2.17. The summed E-state index contributed by atoms with van der Waals surface area (Å²) in [6.07, 6.45) is 0.537. The molecule has 3 rings (SSSR count). The van der Waals surface area contributed by atoms with Crippen molar-refractivity contribution in [2.45, 2.75) is 19.4 Å². The fourth-order valence-electron chi connectivity index (χ4n) is 4.04. The summed E-state index contributed by atoms with van der Waals surface area (Å²) >= 11 is 0. The number of likely N-dealkylation sites (tertiary alicyclic amines) is 1. The van der Waals surface area contributed by atoms with E-state index in [4.69, 9.17) is 18.9 Å². The molecule has 0 saturated carbocycles. The van der Waals surface area contributed by atoms with Gasteiger partial charge in [0.25, 0.3) is 11.7 Å². The second-order valence-electron chi connectivity index (χ2n) is 7.64. The van der Waals surface area contributed by atoms with Gasteiger partial charge in [-0.15, -0.1) is 0 Å². The Morgan fingerprint density at radius 3 is 2.21 bits per heavy atom. The van der Waals surface area contributed by atoms with E-state index >= 15 is 0 Å². The molecule has 2 aromatic carbocycles. The van der Waals surface area contributed by atoms with Crippen LogP contribution in [-0.4, -0.2) is 63.3 Å². The van der Waals surface area contributed by atoms with Crippen molar-refractivity contribution in [1.82, 2.24) is 4.90 Å². The predicted molar refractivity (Wildman–Crippen MR) is 123 cm³/mol. The van der Waals surface area contributed by atoms with Crippen LogP contribution in [0.15, 0.2) is 42.0 Å². The summed E-state index contributed by atoms with van der Waals surface area (Å²) in [6, 6.07) is 9.48. The minimum atomic E-state index is -0.788. The van der Waals surface area contributed by atoms with Gasteiger partial charge in [-0.1, -0.05) is 6.07 Å². The van der Waals surface area contributed by atoms with E-state index in [0.29, 0.717) is 41.4 Å². The minimum absolute atomic E-state index is 0.0224. The van der Waals surface area contributed by atoms with Crippen LogP contribution in [0.2, 0.25) is 0 Å². The van der Waals surface area contributed by atoms with E-state index in [9.17, 15) is 14.7 Å². The number of nitrogens with zero attached hydrogens (tertiary/aromatic N) is 1. The van der Waals surface area contributed by atoms with E-state index in [0.717, 1.165) is 5.56 Å². The summed E-state index contributed by atoms with van der Waals surface area (Å²) in [7, 11) is 6.17. The molecule has 1 amide bonds. The highest BCUT2D eigenvalue weighted by Gasteiger charge is 2.46. The van der Waals surface area contributed by atoms with E-state index < -0.39 is 17.7 Å². The average molecular weight is 456 g/mol. The fourth-order valence-corrected chi connectivity index (χ4v) is 4.04. The molecule has 1 N–H and O–H groups in total. The molecule has 0 aliphatic carbocycles. The quantitative estimate of drug-likeness (QED) is 0.268. The van der Waals surface area contributed by atoms with Crippen molar-refractivity contribution in [3.8, 4) is 17.2 Å². The van der Waals surface area contributed by atoms with E-state index in [1.807, 2.05) is 6.92 Å². The molecule has 33 heavy (non-hydrogen) atoms. The molecular weight excluding hydrogens is 426 g/mol. The smallest absolute Gasteiger partial charge is 0.295 e. The Labute approximate surface area is 193 Å². The van der Waals surface area contributed by atoms with Crippen molar-refractivity contribution < 1.29 is 33.6 Å². The maximum Gasteiger partial charge on any atom is 0.295 e. The summed E-state index contributed by atoms with van der Waals surface area (Å²) in [6.45, 7) is 2.56. The molecule has 176 valence electrons. The first kappa shape index (κ1) is 24.1. The van der Waals surface area contributed by atoms with Gasteiger partial charge in [-0.3, -0.25) is 9.59 Å². The number of amides is 1. The second-order valence-corrected chi connectivity index (χ2v) is 7.64. The number of ketones is 1. The first-order chi connectivity index (χ1) is 15.9. The topological polar surface area (TPSA) is 94.5 Å². The van der Waals surface area contributed by atoms with E-state index in [1.165, 1.54) is 19.1 Å². The third-order valence-corrected chi connectivity index (χ3v) is 5.68. The van der Waals surface area contributed by atoms with Crippen LogP contribution in [0.4, 0.5) is 0 Å². The van der Waals surface area contributed by atoms with E-state index in [1.54, 1.807) is 50.6 Å². The van der Waals surface area contributed by atoms with Gasteiger partial charge in [0, 0.05) is 25.8 Å². The summed E-state index contributed by atoms with van der Waals surface area (Å²) in [5.74, 6) is -0.0203. The van der Waals surface area contributed by atoms with Crippen LogP contribution in [0, 0.1) is 6.92 Å². The lowest BCUT2D eigenvalue weighted by atomic mass is 9.94. The number of rotatable bonds is 9. The van der Waals surface area contributed by atoms with Crippen molar-refractivity contribution in [2.75, 3.05) is 41.6 Å². The zero-order chi connectivity index (χ0) is 24.1. The number of hydrogen-bond acceptors (Lipinski definition) is 7. The highest BCUT2D eigenvalue weighted by molar-refractivity contribution is 6.46. The number of benzene rings is 2. The van der Waals surface area contributed by atoms with Gasteiger partial charge in [-0.05, 0) is 54.8 Å². The van der Waals surface area contributed by atoms with Gasteiger partial charge in [-0.2, -0.15) is 0 Å². The van der Waals surface area contributed by atoms with Gasteiger partial charge in [-0.25, -0.2) is 0 Å². The summed E-state index contributed by atoms with van der Waals surface area (Å²) in [4.78, 5) is 27.6. The molecule has 1 aliphatic heterocycles. The number of Topliss-reactive ketones (excluding diaryl/α,β-unsaturated/α-hetero) is 1. The Kier molecular flexibility index (Phi) is 7.60. The largest absolute Gasteiger partial charge is 0.507 e. The number of methoxy groups -OCH3 is 4. The van der Waals surface area contributed by atoms with Crippen molar-refractivity contribution in [3.05, 3.63) is 58.7 Å². The SMILES string of the molecule is COCCCN1C(=O)C(=O)C(=C(O)c2ccc(OC)c(C)c2)C1c1ccc(OC)c(OC)c1. The maximum absolute atomic E-state index is 13.1. The van der Waals surface area contributed by atoms with Crippen molar-refractivity contribution in [3.63, 3.8) is 0 Å². The Morgan fingerprint density at radius 2 is 1.61 bits per heavy atom. The lowest BCUT2D eigenvalue weighted by Crippen LogP contribution is -2.31. The average Bonchev–Trinajstić information content (AvgIpc) is 3.08. The van der Waals surface area contributed by atoms with Gasteiger partial charge in [0.2, 0.25) is 0 Å². The fraction of sp³-hybridized carbons (Fsp3) is 0.360. The first-order valence-electron chi connectivity index (χ1n) is 10.5. The number of carbonyl (C=O) groups excluding carboxylic acids is 2. The molecule has 1 unspecified atom stereocenters. The van der Waals surface area contributed by atoms with Gasteiger partial charge >= 0.3 is 0 Å². The molecule has 0 spiro atoms. The molecule has 0 radical (unpaired) electrons. The molecule has 2 aromatic rings. The van der Waals surface area contributed by atoms with Crippen LogP contribution >= 0.6 is 0 Å². The third kappa shape index (κ3) is 4.66. The predicted octanol–water partition coefficient (Wildman–Crippen LogP) is 3.48. The standard InChI is InChI=1S/C25H29NO7/c1-15-13-17(8-9-18(15)31-3)23(27)21-22(16-7-10-19(32-4)20(14-16)33-5)26(11-6-12-30-2)25(29)24(21)28/h7-10,13-14,22,27H,6,11-12H2,1-5H3. The number of aliphatic hydroxyl groups excluding tert-OH is 1. The first-order valence-corrected chi connectivity index (χ1v) is 10.5. The van der Waals surface area contributed by atoms with Crippen LogP contribution in [0.25, 0.3) is 5.76 Å². The number of ether oxygens (including phenoxy) is 4. The monoisotopic (exact) mass is 455 g/mol. The third-order valence-electron chi connectivity index (χ3n) is 5.68.